The molecule has 0 spiro atoms. The van der Waals surface area contributed by atoms with Gasteiger partial charge < -0.3 is 14.1 Å². The van der Waals surface area contributed by atoms with Crippen molar-refractivity contribution in [2.45, 2.75) is 19.6 Å². The summed E-state index contributed by atoms with van der Waals surface area (Å²) in [5.41, 5.74) is 1.77. The van der Waals surface area contributed by atoms with Crippen LogP contribution < -0.4 is 5.63 Å². The zero-order valence-electron chi connectivity index (χ0n) is 18.2. The second-order valence-electron chi connectivity index (χ2n) is 7.60. The minimum Gasteiger partial charge on any atom is -0.456 e. The van der Waals surface area contributed by atoms with Crippen molar-refractivity contribution in [3.05, 3.63) is 94.1 Å². The molecule has 0 N–H and O–H groups in total. The highest BCUT2D eigenvalue weighted by Crippen LogP contribution is 2.26. The standard InChI is InChI=1S/C24H22N4O5/c1-16(29)32-22(20-13-23(30)33-21-6-4-3-5-19(20)21)15-27(2)24(31)18-9-7-17(8-10-18)14-28-12-11-25-26-28/h3-13,22H,14-15H2,1-2H3. The molecule has 0 aliphatic carbocycles. The lowest BCUT2D eigenvalue weighted by Gasteiger charge is -2.25. The number of hydrogen-bond acceptors (Lipinski definition) is 7. The summed E-state index contributed by atoms with van der Waals surface area (Å²) in [7, 11) is 1.62. The molecule has 1 amide bonds. The molecule has 0 aliphatic rings. The Bertz CT molecular complexity index is 1330. The lowest BCUT2D eigenvalue weighted by Crippen LogP contribution is -2.33. The van der Waals surface area contributed by atoms with Gasteiger partial charge in [-0.25, -0.2) is 9.48 Å². The summed E-state index contributed by atoms with van der Waals surface area (Å²) in [5.74, 6) is -0.762. The van der Waals surface area contributed by atoms with Crippen molar-refractivity contribution in [2.75, 3.05) is 13.6 Å². The highest BCUT2D eigenvalue weighted by molar-refractivity contribution is 5.94. The Labute approximate surface area is 189 Å². The molecular formula is C24H22N4O5. The molecule has 0 saturated heterocycles. The number of aromatic nitrogens is 3. The number of benzene rings is 2. The summed E-state index contributed by atoms with van der Waals surface area (Å²) in [6.07, 6.45) is 2.53. The van der Waals surface area contributed by atoms with Crippen LogP contribution in [0.2, 0.25) is 0 Å². The number of nitrogens with zero attached hydrogens (tertiary/aromatic N) is 4. The van der Waals surface area contributed by atoms with Crippen molar-refractivity contribution in [2.24, 2.45) is 0 Å². The molecular weight excluding hydrogens is 424 g/mol. The van der Waals surface area contributed by atoms with Crippen molar-refractivity contribution in [1.82, 2.24) is 19.9 Å². The lowest BCUT2D eigenvalue weighted by atomic mass is 10.0. The van der Waals surface area contributed by atoms with Crippen LogP contribution in [0, 0.1) is 0 Å². The second-order valence-corrected chi connectivity index (χ2v) is 7.60. The van der Waals surface area contributed by atoms with Crippen LogP contribution in [0.15, 0.2) is 76.2 Å². The average molecular weight is 446 g/mol. The first-order chi connectivity index (χ1) is 15.9. The first-order valence-corrected chi connectivity index (χ1v) is 10.3. The van der Waals surface area contributed by atoms with Gasteiger partial charge in [-0.1, -0.05) is 35.5 Å². The number of rotatable bonds is 7. The molecule has 168 valence electrons. The van der Waals surface area contributed by atoms with Crippen molar-refractivity contribution >= 4 is 22.8 Å². The minimum absolute atomic E-state index is 0.0621. The Balaban J connectivity index is 1.55. The molecule has 0 radical (unpaired) electrons. The van der Waals surface area contributed by atoms with Crippen LogP contribution in [0.1, 0.15) is 34.5 Å². The number of carbonyl (C=O) groups is 2. The maximum atomic E-state index is 13.0. The third-order valence-electron chi connectivity index (χ3n) is 5.14. The number of amides is 1. The number of likely N-dealkylation sites (N-methyl/N-ethyl adjacent to an activating group) is 1. The van der Waals surface area contributed by atoms with Crippen LogP contribution in [-0.4, -0.2) is 45.4 Å². The molecule has 1 unspecified atom stereocenters. The van der Waals surface area contributed by atoms with Gasteiger partial charge in [0, 0.05) is 42.7 Å². The number of para-hydroxylation sites is 1. The predicted octanol–water partition coefficient (Wildman–Crippen LogP) is 2.81. The maximum absolute atomic E-state index is 13.0. The summed E-state index contributed by atoms with van der Waals surface area (Å²) in [6.45, 7) is 1.89. The largest absolute Gasteiger partial charge is 0.456 e. The van der Waals surface area contributed by atoms with E-state index in [9.17, 15) is 14.4 Å². The van der Waals surface area contributed by atoms with E-state index in [2.05, 4.69) is 10.3 Å². The van der Waals surface area contributed by atoms with E-state index in [0.29, 0.717) is 28.6 Å². The fourth-order valence-corrected chi connectivity index (χ4v) is 3.61. The first kappa shape index (κ1) is 21.9. The van der Waals surface area contributed by atoms with Gasteiger partial charge in [0.25, 0.3) is 5.91 Å². The molecule has 4 aromatic rings. The third-order valence-corrected chi connectivity index (χ3v) is 5.14. The summed E-state index contributed by atoms with van der Waals surface area (Å²) in [6, 6.07) is 15.5. The molecule has 2 heterocycles. The third kappa shape index (κ3) is 5.15. The normalized spacial score (nSPS) is 11.8. The molecule has 2 aromatic heterocycles. The van der Waals surface area contributed by atoms with Crippen LogP contribution in [0.25, 0.3) is 11.0 Å². The summed E-state index contributed by atoms with van der Waals surface area (Å²) in [4.78, 5) is 38.4. The van der Waals surface area contributed by atoms with Gasteiger partial charge in [0.1, 0.15) is 11.7 Å². The van der Waals surface area contributed by atoms with E-state index in [4.69, 9.17) is 9.15 Å². The topological polar surface area (TPSA) is 108 Å². The highest BCUT2D eigenvalue weighted by Gasteiger charge is 2.24. The molecule has 0 aliphatic heterocycles. The van der Waals surface area contributed by atoms with Crippen molar-refractivity contribution < 1.29 is 18.7 Å². The van der Waals surface area contributed by atoms with Gasteiger partial charge in [0.2, 0.25) is 0 Å². The van der Waals surface area contributed by atoms with Gasteiger partial charge in [0.15, 0.2) is 0 Å². The average Bonchev–Trinajstić information content (AvgIpc) is 3.31. The van der Waals surface area contributed by atoms with Crippen molar-refractivity contribution in [3.63, 3.8) is 0 Å². The molecule has 2 aromatic carbocycles. The van der Waals surface area contributed by atoms with Gasteiger partial charge in [-0.15, -0.1) is 5.10 Å². The van der Waals surface area contributed by atoms with Gasteiger partial charge in [-0.2, -0.15) is 0 Å². The van der Waals surface area contributed by atoms with Crippen LogP contribution in [0.5, 0.6) is 0 Å². The monoisotopic (exact) mass is 446 g/mol. The van der Waals surface area contributed by atoms with Gasteiger partial charge in [-0.3, -0.25) is 9.59 Å². The predicted molar refractivity (Wildman–Crippen MR) is 120 cm³/mol. The molecule has 9 heteroatoms. The molecule has 4 rings (SSSR count). The van der Waals surface area contributed by atoms with Crippen molar-refractivity contribution in [3.8, 4) is 0 Å². The Kier molecular flexibility index (Phi) is 6.30. The van der Waals surface area contributed by atoms with Gasteiger partial charge in [-0.05, 0) is 23.8 Å². The van der Waals surface area contributed by atoms with Crippen LogP contribution in [0.3, 0.4) is 0 Å². The highest BCUT2D eigenvalue weighted by atomic mass is 16.5. The molecule has 0 bridgehead atoms. The summed E-state index contributed by atoms with van der Waals surface area (Å²) >= 11 is 0. The molecule has 0 saturated carbocycles. The number of fused-ring (bicyclic) bond motifs is 1. The Morgan fingerprint density at radius 3 is 2.61 bits per heavy atom. The van der Waals surface area contributed by atoms with Crippen LogP contribution >= 0.6 is 0 Å². The van der Waals surface area contributed by atoms with E-state index in [1.165, 1.54) is 17.9 Å². The smallest absolute Gasteiger partial charge is 0.336 e. The van der Waals surface area contributed by atoms with E-state index >= 15 is 0 Å². The number of carbonyl (C=O) groups excluding carboxylic acids is 2. The number of ether oxygens (including phenoxy) is 1. The molecule has 9 nitrogen and oxygen atoms in total. The fraction of sp³-hybridized carbons (Fsp3) is 0.208. The van der Waals surface area contributed by atoms with E-state index in [-0.39, 0.29) is 12.5 Å². The second kappa shape index (κ2) is 9.47. The minimum atomic E-state index is -0.836. The van der Waals surface area contributed by atoms with Crippen molar-refractivity contribution in [1.29, 1.82) is 0 Å². The van der Waals surface area contributed by atoms with E-state index < -0.39 is 17.7 Å². The first-order valence-electron chi connectivity index (χ1n) is 10.3. The van der Waals surface area contributed by atoms with Gasteiger partial charge >= 0.3 is 11.6 Å². The molecule has 0 fully saturated rings. The summed E-state index contributed by atoms with van der Waals surface area (Å²) in [5, 5.41) is 8.35. The quantitative estimate of drug-likeness (QED) is 0.317. The summed E-state index contributed by atoms with van der Waals surface area (Å²) < 4.78 is 12.4. The fourth-order valence-electron chi connectivity index (χ4n) is 3.61. The zero-order chi connectivity index (χ0) is 23.4. The molecule has 1 atom stereocenters. The number of esters is 1. The van der Waals surface area contributed by atoms with Crippen LogP contribution in [-0.2, 0) is 16.1 Å². The Morgan fingerprint density at radius 1 is 1.15 bits per heavy atom. The number of hydrogen-bond donors (Lipinski definition) is 0. The SMILES string of the molecule is CC(=O)OC(CN(C)C(=O)c1ccc(Cn2ccnn2)cc1)c1cc(=O)oc2ccccc12. The molecule has 33 heavy (non-hydrogen) atoms. The van der Waals surface area contributed by atoms with E-state index in [1.807, 2.05) is 12.1 Å². The zero-order valence-corrected chi connectivity index (χ0v) is 18.2. The van der Waals surface area contributed by atoms with Gasteiger partial charge in [0.05, 0.1) is 19.3 Å². The van der Waals surface area contributed by atoms with E-state index in [1.54, 1.807) is 60.5 Å². The van der Waals surface area contributed by atoms with Crippen LogP contribution in [0.4, 0.5) is 0 Å². The van der Waals surface area contributed by atoms with E-state index in [0.717, 1.165) is 5.56 Å². The Morgan fingerprint density at radius 2 is 1.91 bits per heavy atom. The lowest BCUT2D eigenvalue weighted by molar-refractivity contribution is -0.147. The maximum Gasteiger partial charge on any atom is 0.336 e. The Hall–Kier alpha value is -4.27.